The Kier molecular flexibility index (Phi) is 3.99. The zero-order valence-electron chi connectivity index (χ0n) is 10.5. The lowest BCUT2D eigenvalue weighted by molar-refractivity contribution is 0.0690. The molecule has 0 amide bonds. The van der Waals surface area contributed by atoms with Gasteiger partial charge in [-0.1, -0.05) is 0 Å². The average Bonchev–Trinajstić information content (AvgIpc) is 2.82. The second kappa shape index (κ2) is 5.52. The second-order valence-electron chi connectivity index (χ2n) is 4.55. The quantitative estimate of drug-likeness (QED) is 0.883. The third kappa shape index (κ3) is 2.68. The summed E-state index contributed by atoms with van der Waals surface area (Å²) in [7, 11) is 1.58. The first-order chi connectivity index (χ1) is 9.04. The number of aromatic carboxylic acids is 1. The van der Waals surface area contributed by atoms with Gasteiger partial charge in [-0.05, 0) is 31.4 Å². The van der Waals surface area contributed by atoms with E-state index in [0.717, 1.165) is 25.3 Å². The smallest absolute Gasteiger partial charge is 0.338 e. The van der Waals surface area contributed by atoms with E-state index in [-0.39, 0.29) is 17.8 Å². The number of nitrogens with one attached hydrogen (secondary N) is 1. The molecule has 19 heavy (non-hydrogen) atoms. The highest BCUT2D eigenvalue weighted by Gasteiger charge is 2.28. The second-order valence-corrected chi connectivity index (χ2v) is 4.55. The van der Waals surface area contributed by atoms with Crippen LogP contribution in [0.15, 0.2) is 12.1 Å². The standard InChI is InChI=1S/C13H15F2NO3/c1-19-10-4-2-3-8(10)16-9-6-5-7(13(17)18)11(14)12(9)15/h5-6,8,10,16H,2-4H2,1H3,(H,17,18). The van der Waals surface area contributed by atoms with E-state index in [0.29, 0.717) is 0 Å². The van der Waals surface area contributed by atoms with Crippen LogP contribution >= 0.6 is 0 Å². The highest BCUT2D eigenvalue weighted by Crippen LogP contribution is 2.28. The molecule has 1 aliphatic carbocycles. The molecule has 0 aromatic heterocycles. The van der Waals surface area contributed by atoms with Crippen molar-refractivity contribution >= 4 is 11.7 Å². The molecule has 0 spiro atoms. The van der Waals surface area contributed by atoms with Crippen LogP contribution in [-0.4, -0.2) is 30.3 Å². The van der Waals surface area contributed by atoms with Gasteiger partial charge in [-0.15, -0.1) is 0 Å². The van der Waals surface area contributed by atoms with E-state index in [9.17, 15) is 13.6 Å². The third-order valence-corrected chi connectivity index (χ3v) is 3.41. The summed E-state index contributed by atoms with van der Waals surface area (Å²) < 4.78 is 32.6. The maximum absolute atomic E-state index is 13.8. The normalized spacial score (nSPS) is 22.5. The molecule has 104 valence electrons. The maximum Gasteiger partial charge on any atom is 0.338 e. The predicted octanol–water partition coefficient (Wildman–Crippen LogP) is 2.64. The zero-order chi connectivity index (χ0) is 14.0. The fourth-order valence-electron chi connectivity index (χ4n) is 2.40. The van der Waals surface area contributed by atoms with Crippen LogP contribution in [0, 0.1) is 11.6 Å². The first-order valence-electron chi connectivity index (χ1n) is 6.05. The van der Waals surface area contributed by atoms with Crippen molar-refractivity contribution in [3.8, 4) is 0 Å². The molecular weight excluding hydrogens is 256 g/mol. The highest BCUT2D eigenvalue weighted by molar-refractivity contribution is 5.88. The van der Waals surface area contributed by atoms with Crippen molar-refractivity contribution in [3.63, 3.8) is 0 Å². The molecule has 1 aromatic carbocycles. The van der Waals surface area contributed by atoms with E-state index in [4.69, 9.17) is 9.84 Å². The number of carbonyl (C=O) groups is 1. The molecule has 4 nitrogen and oxygen atoms in total. The van der Waals surface area contributed by atoms with Crippen LogP contribution in [0.5, 0.6) is 0 Å². The monoisotopic (exact) mass is 271 g/mol. The summed E-state index contributed by atoms with van der Waals surface area (Å²) in [5, 5.41) is 11.6. The predicted molar refractivity (Wildman–Crippen MR) is 65.4 cm³/mol. The summed E-state index contributed by atoms with van der Waals surface area (Å²) in [6.45, 7) is 0. The maximum atomic E-state index is 13.8. The number of anilines is 1. The molecular formula is C13H15F2NO3. The number of rotatable bonds is 4. The first-order valence-corrected chi connectivity index (χ1v) is 6.05. The summed E-state index contributed by atoms with van der Waals surface area (Å²) in [6, 6.07) is 2.21. The average molecular weight is 271 g/mol. The van der Waals surface area contributed by atoms with Crippen LogP contribution < -0.4 is 5.32 Å². The Labute approximate surface area is 109 Å². The van der Waals surface area contributed by atoms with Crippen LogP contribution in [0.25, 0.3) is 0 Å². The molecule has 2 unspecified atom stereocenters. The minimum atomic E-state index is -1.49. The highest BCUT2D eigenvalue weighted by atomic mass is 19.2. The van der Waals surface area contributed by atoms with Crippen LogP contribution in [-0.2, 0) is 4.74 Å². The Morgan fingerprint density at radius 2 is 2.11 bits per heavy atom. The molecule has 2 N–H and O–H groups in total. The van der Waals surface area contributed by atoms with Gasteiger partial charge in [-0.3, -0.25) is 0 Å². The van der Waals surface area contributed by atoms with Gasteiger partial charge in [-0.2, -0.15) is 0 Å². The number of hydrogen-bond donors (Lipinski definition) is 2. The number of carboxylic acid groups (broad SMARTS) is 1. The van der Waals surface area contributed by atoms with Crippen LogP contribution in [0.2, 0.25) is 0 Å². The third-order valence-electron chi connectivity index (χ3n) is 3.41. The molecule has 0 heterocycles. The van der Waals surface area contributed by atoms with Crippen molar-refractivity contribution < 1.29 is 23.4 Å². The van der Waals surface area contributed by atoms with Gasteiger partial charge in [0, 0.05) is 7.11 Å². The van der Waals surface area contributed by atoms with Crippen molar-refractivity contribution in [1.82, 2.24) is 0 Å². The molecule has 6 heteroatoms. The minimum absolute atomic E-state index is 0.0311. The van der Waals surface area contributed by atoms with Crippen LogP contribution in [0.4, 0.5) is 14.5 Å². The molecule has 1 fully saturated rings. The fourth-order valence-corrected chi connectivity index (χ4v) is 2.40. The molecule has 0 saturated heterocycles. The molecule has 1 aliphatic rings. The summed E-state index contributed by atoms with van der Waals surface area (Å²) in [4.78, 5) is 10.7. The fraction of sp³-hybridized carbons (Fsp3) is 0.462. The molecule has 1 saturated carbocycles. The van der Waals surface area contributed by atoms with Crippen molar-refractivity contribution in [2.45, 2.75) is 31.4 Å². The number of benzene rings is 1. The molecule has 1 aromatic rings. The molecule has 2 atom stereocenters. The van der Waals surface area contributed by atoms with Crippen molar-refractivity contribution in [2.24, 2.45) is 0 Å². The van der Waals surface area contributed by atoms with Gasteiger partial charge in [-0.25, -0.2) is 13.6 Å². The van der Waals surface area contributed by atoms with Crippen molar-refractivity contribution in [3.05, 3.63) is 29.3 Å². The number of methoxy groups -OCH3 is 1. The largest absolute Gasteiger partial charge is 0.478 e. The Bertz CT molecular complexity index is 493. The summed E-state index contributed by atoms with van der Waals surface area (Å²) in [6.07, 6.45) is 2.58. The van der Waals surface area contributed by atoms with E-state index in [1.807, 2.05) is 0 Å². The van der Waals surface area contributed by atoms with E-state index in [2.05, 4.69) is 5.32 Å². The van der Waals surface area contributed by atoms with Gasteiger partial charge in [0.1, 0.15) is 0 Å². The van der Waals surface area contributed by atoms with Gasteiger partial charge in [0.2, 0.25) is 0 Å². The van der Waals surface area contributed by atoms with Gasteiger partial charge in [0.05, 0.1) is 23.4 Å². The van der Waals surface area contributed by atoms with Gasteiger partial charge in [0.15, 0.2) is 11.6 Å². The number of hydrogen-bond acceptors (Lipinski definition) is 3. The Morgan fingerprint density at radius 3 is 2.74 bits per heavy atom. The van der Waals surface area contributed by atoms with Gasteiger partial charge >= 0.3 is 5.97 Å². The van der Waals surface area contributed by atoms with E-state index < -0.39 is 23.2 Å². The Hall–Kier alpha value is -1.69. The Balaban J connectivity index is 2.22. The molecule has 0 radical (unpaired) electrons. The number of carboxylic acids is 1. The lowest BCUT2D eigenvalue weighted by atomic mass is 10.1. The van der Waals surface area contributed by atoms with E-state index in [1.165, 1.54) is 6.07 Å². The first kappa shape index (κ1) is 13.7. The topological polar surface area (TPSA) is 58.6 Å². The lowest BCUT2D eigenvalue weighted by Gasteiger charge is -2.21. The number of ether oxygens (including phenoxy) is 1. The van der Waals surface area contributed by atoms with E-state index >= 15 is 0 Å². The summed E-state index contributed by atoms with van der Waals surface area (Å²) in [5.41, 5.74) is -0.700. The lowest BCUT2D eigenvalue weighted by Crippen LogP contribution is -2.30. The van der Waals surface area contributed by atoms with Gasteiger partial charge in [0.25, 0.3) is 0 Å². The summed E-state index contributed by atoms with van der Waals surface area (Å²) in [5.74, 6) is -4.00. The molecule has 0 aliphatic heterocycles. The molecule has 2 rings (SSSR count). The number of halogens is 2. The van der Waals surface area contributed by atoms with Gasteiger partial charge < -0.3 is 15.2 Å². The Morgan fingerprint density at radius 1 is 1.37 bits per heavy atom. The van der Waals surface area contributed by atoms with E-state index in [1.54, 1.807) is 7.11 Å². The van der Waals surface area contributed by atoms with Crippen molar-refractivity contribution in [1.29, 1.82) is 0 Å². The van der Waals surface area contributed by atoms with Crippen LogP contribution in [0.3, 0.4) is 0 Å². The minimum Gasteiger partial charge on any atom is -0.478 e. The SMILES string of the molecule is COC1CCCC1Nc1ccc(C(=O)O)c(F)c1F. The molecule has 0 bridgehead atoms. The summed E-state index contributed by atoms with van der Waals surface area (Å²) >= 11 is 0. The van der Waals surface area contributed by atoms with Crippen LogP contribution in [0.1, 0.15) is 29.6 Å². The zero-order valence-corrected chi connectivity index (χ0v) is 10.5. The van der Waals surface area contributed by atoms with Crippen molar-refractivity contribution in [2.75, 3.05) is 12.4 Å².